The van der Waals surface area contributed by atoms with E-state index >= 15 is 0 Å². The number of ketones is 1. The topological polar surface area (TPSA) is 20.3 Å². The fourth-order valence-electron chi connectivity index (χ4n) is 1.49. The SMILES string of the molecule is CN(C)c1ccc(C(=O)c2ccc(Cl)s2)cc1. The van der Waals surface area contributed by atoms with Gasteiger partial charge in [0.1, 0.15) is 0 Å². The number of halogens is 1. The molecule has 1 heterocycles. The number of carbonyl (C=O) groups excluding carboxylic acids is 1. The average Bonchev–Trinajstić information content (AvgIpc) is 2.75. The molecular formula is C13H12ClNOS. The van der Waals surface area contributed by atoms with Gasteiger partial charge in [-0.05, 0) is 36.4 Å². The van der Waals surface area contributed by atoms with E-state index in [0.29, 0.717) is 14.8 Å². The van der Waals surface area contributed by atoms with Crippen LogP contribution in [-0.2, 0) is 0 Å². The Bertz CT molecular complexity index is 531. The average molecular weight is 266 g/mol. The van der Waals surface area contributed by atoms with Crippen LogP contribution in [0.25, 0.3) is 0 Å². The summed E-state index contributed by atoms with van der Waals surface area (Å²) >= 11 is 7.13. The number of hydrogen-bond donors (Lipinski definition) is 0. The molecule has 0 spiro atoms. The molecule has 0 saturated heterocycles. The molecule has 0 unspecified atom stereocenters. The minimum absolute atomic E-state index is 0.0206. The Hall–Kier alpha value is -1.32. The molecule has 17 heavy (non-hydrogen) atoms. The molecule has 1 aromatic heterocycles. The molecule has 0 atom stereocenters. The molecule has 2 nitrogen and oxygen atoms in total. The zero-order chi connectivity index (χ0) is 12.4. The highest BCUT2D eigenvalue weighted by Gasteiger charge is 2.11. The molecule has 0 radical (unpaired) electrons. The monoisotopic (exact) mass is 265 g/mol. The van der Waals surface area contributed by atoms with Crippen molar-refractivity contribution < 1.29 is 4.79 Å². The zero-order valence-corrected chi connectivity index (χ0v) is 11.2. The molecule has 0 aliphatic carbocycles. The third-order valence-corrected chi connectivity index (χ3v) is 3.67. The first-order chi connectivity index (χ1) is 8.08. The summed E-state index contributed by atoms with van der Waals surface area (Å²) < 4.78 is 0.637. The van der Waals surface area contributed by atoms with E-state index in [2.05, 4.69) is 0 Å². The van der Waals surface area contributed by atoms with E-state index in [9.17, 15) is 4.79 Å². The van der Waals surface area contributed by atoms with Crippen molar-refractivity contribution >= 4 is 34.4 Å². The van der Waals surface area contributed by atoms with Gasteiger partial charge in [0.15, 0.2) is 0 Å². The van der Waals surface area contributed by atoms with Crippen LogP contribution in [0.4, 0.5) is 5.69 Å². The number of thiophene rings is 1. The van der Waals surface area contributed by atoms with E-state index < -0.39 is 0 Å². The first-order valence-electron chi connectivity index (χ1n) is 5.15. The second-order valence-corrected chi connectivity index (χ2v) is 5.59. The first-order valence-corrected chi connectivity index (χ1v) is 6.35. The minimum atomic E-state index is 0.0206. The summed E-state index contributed by atoms with van der Waals surface area (Å²) in [5.41, 5.74) is 1.76. The van der Waals surface area contributed by atoms with E-state index in [0.717, 1.165) is 5.69 Å². The van der Waals surface area contributed by atoms with Gasteiger partial charge in [0.2, 0.25) is 5.78 Å². The largest absolute Gasteiger partial charge is 0.378 e. The highest BCUT2D eigenvalue weighted by molar-refractivity contribution is 7.18. The van der Waals surface area contributed by atoms with Crippen molar-refractivity contribution in [3.8, 4) is 0 Å². The molecule has 1 aromatic carbocycles. The third kappa shape index (κ3) is 2.68. The molecule has 2 rings (SSSR count). The Labute approximate surface area is 109 Å². The van der Waals surface area contributed by atoms with Gasteiger partial charge in [-0.15, -0.1) is 11.3 Å². The number of benzene rings is 1. The Morgan fingerprint density at radius 2 is 1.76 bits per heavy atom. The van der Waals surface area contributed by atoms with Crippen molar-refractivity contribution in [1.29, 1.82) is 0 Å². The summed E-state index contributed by atoms with van der Waals surface area (Å²) in [7, 11) is 3.94. The molecule has 0 aliphatic rings. The maximum Gasteiger partial charge on any atom is 0.202 e. The summed E-state index contributed by atoms with van der Waals surface area (Å²) in [4.78, 5) is 14.7. The third-order valence-electron chi connectivity index (χ3n) is 2.44. The molecule has 0 fully saturated rings. The maximum absolute atomic E-state index is 12.1. The van der Waals surface area contributed by atoms with Crippen LogP contribution in [0.3, 0.4) is 0 Å². The summed E-state index contributed by atoms with van der Waals surface area (Å²) in [5.74, 6) is 0.0206. The Kier molecular flexibility index (Phi) is 3.50. The van der Waals surface area contributed by atoms with Crippen molar-refractivity contribution in [2.24, 2.45) is 0 Å². The molecule has 0 amide bonds. The Morgan fingerprint density at radius 1 is 1.12 bits per heavy atom. The van der Waals surface area contributed by atoms with Crippen LogP contribution in [0.5, 0.6) is 0 Å². The molecule has 4 heteroatoms. The molecule has 0 bridgehead atoms. The van der Waals surface area contributed by atoms with Crippen LogP contribution >= 0.6 is 22.9 Å². The van der Waals surface area contributed by atoms with Crippen LogP contribution < -0.4 is 4.90 Å². The maximum atomic E-state index is 12.1. The smallest absolute Gasteiger partial charge is 0.202 e. The fourth-order valence-corrected chi connectivity index (χ4v) is 2.49. The fraction of sp³-hybridized carbons (Fsp3) is 0.154. The van der Waals surface area contributed by atoms with Crippen LogP contribution in [0.15, 0.2) is 36.4 Å². The number of nitrogens with zero attached hydrogens (tertiary/aromatic N) is 1. The van der Waals surface area contributed by atoms with Crippen LogP contribution in [0, 0.1) is 0 Å². The van der Waals surface area contributed by atoms with Gasteiger partial charge in [-0.25, -0.2) is 0 Å². The quantitative estimate of drug-likeness (QED) is 0.789. The number of hydrogen-bond acceptors (Lipinski definition) is 3. The van der Waals surface area contributed by atoms with Gasteiger partial charge in [-0.2, -0.15) is 0 Å². The van der Waals surface area contributed by atoms with Crippen molar-refractivity contribution in [3.05, 3.63) is 51.2 Å². The lowest BCUT2D eigenvalue weighted by Crippen LogP contribution is -2.08. The Balaban J connectivity index is 2.26. The van der Waals surface area contributed by atoms with Crippen molar-refractivity contribution in [2.45, 2.75) is 0 Å². The van der Waals surface area contributed by atoms with Crippen molar-refractivity contribution in [3.63, 3.8) is 0 Å². The lowest BCUT2D eigenvalue weighted by atomic mass is 10.1. The van der Waals surface area contributed by atoms with Crippen LogP contribution in [0.2, 0.25) is 4.34 Å². The summed E-state index contributed by atoms with van der Waals surface area (Å²) in [6.07, 6.45) is 0. The summed E-state index contributed by atoms with van der Waals surface area (Å²) in [6.45, 7) is 0. The Morgan fingerprint density at radius 3 is 2.24 bits per heavy atom. The lowest BCUT2D eigenvalue weighted by molar-refractivity contribution is 0.104. The normalized spacial score (nSPS) is 10.3. The van der Waals surface area contributed by atoms with Crippen LogP contribution in [-0.4, -0.2) is 19.9 Å². The first kappa shape index (κ1) is 12.1. The van der Waals surface area contributed by atoms with E-state index in [1.54, 1.807) is 12.1 Å². The predicted octanol–water partition coefficient (Wildman–Crippen LogP) is 3.70. The van der Waals surface area contributed by atoms with E-state index in [1.165, 1.54) is 11.3 Å². The number of rotatable bonds is 3. The summed E-state index contributed by atoms with van der Waals surface area (Å²) in [5, 5.41) is 0. The van der Waals surface area contributed by atoms with Gasteiger partial charge < -0.3 is 4.90 Å². The molecule has 0 saturated carbocycles. The van der Waals surface area contributed by atoms with Gasteiger partial charge in [0.05, 0.1) is 9.21 Å². The highest BCUT2D eigenvalue weighted by Crippen LogP contribution is 2.24. The van der Waals surface area contributed by atoms with E-state index in [4.69, 9.17) is 11.6 Å². The molecule has 88 valence electrons. The second kappa shape index (κ2) is 4.90. The number of anilines is 1. The summed E-state index contributed by atoms with van der Waals surface area (Å²) in [6, 6.07) is 11.0. The highest BCUT2D eigenvalue weighted by atomic mass is 35.5. The van der Waals surface area contributed by atoms with Gasteiger partial charge in [0.25, 0.3) is 0 Å². The zero-order valence-electron chi connectivity index (χ0n) is 9.61. The van der Waals surface area contributed by atoms with E-state index in [1.807, 2.05) is 43.3 Å². The molecule has 0 N–H and O–H groups in total. The molecule has 0 aliphatic heterocycles. The van der Waals surface area contributed by atoms with Gasteiger partial charge in [-0.1, -0.05) is 11.6 Å². The standard InChI is InChI=1S/C13H12ClNOS/c1-15(2)10-5-3-9(4-6-10)13(16)11-7-8-12(14)17-11/h3-8H,1-2H3. The van der Waals surface area contributed by atoms with Gasteiger partial charge >= 0.3 is 0 Å². The van der Waals surface area contributed by atoms with Crippen molar-refractivity contribution in [1.82, 2.24) is 0 Å². The predicted molar refractivity (Wildman–Crippen MR) is 73.5 cm³/mol. The molecule has 2 aromatic rings. The van der Waals surface area contributed by atoms with Crippen LogP contribution in [0.1, 0.15) is 15.2 Å². The minimum Gasteiger partial charge on any atom is -0.378 e. The van der Waals surface area contributed by atoms with Crippen molar-refractivity contribution in [2.75, 3.05) is 19.0 Å². The second-order valence-electron chi connectivity index (χ2n) is 3.87. The van der Waals surface area contributed by atoms with Gasteiger partial charge in [0, 0.05) is 25.3 Å². The molecular weight excluding hydrogens is 254 g/mol. The van der Waals surface area contributed by atoms with Gasteiger partial charge in [-0.3, -0.25) is 4.79 Å². The lowest BCUT2D eigenvalue weighted by Gasteiger charge is -2.12. The number of carbonyl (C=O) groups is 1. The van der Waals surface area contributed by atoms with E-state index in [-0.39, 0.29) is 5.78 Å².